The molecule has 0 bridgehead atoms. The van der Waals surface area contributed by atoms with Crippen LogP contribution in [0, 0.1) is 16.7 Å². The standard InChI is InChI=1S/C12H24N2O2/c1-11(2)9(12(11,3)4)6-14-10(15)8(13)7-16-5/h8-9H,6-7,13H2,1-5H3,(H,14,15). The number of methoxy groups -OCH3 is 1. The highest BCUT2D eigenvalue weighted by Crippen LogP contribution is 2.67. The predicted octanol–water partition coefficient (Wildman–Crippen LogP) is 0.759. The second-order valence-corrected chi connectivity index (χ2v) is 5.80. The molecule has 1 aliphatic rings. The monoisotopic (exact) mass is 228 g/mol. The van der Waals surface area contributed by atoms with E-state index in [1.54, 1.807) is 7.11 Å². The first-order valence-electron chi connectivity index (χ1n) is 5.77. The van der Waals surface area contributed by atoms with E-state index in [0.29, 0.717) is 23.3 Å². The Bertz CT molecular complexity index is 260. The largest absolute Gasteiger partial charge is 0.383 e. The Morgan fingerprint density at radius 3 is 2.25 bits per heavy atom. The van der Waals surface area contributed by atoms with Gasteiger partial charge >= 0.3 is 0 Å². The lowest BCUT2D eigenvalue weighted by Gasteiger charge is -2.11. The van der Waals surface area contributed by atoms with Crippen LogP contribution < -0.4 is 11.1 Å². The van der Waals surface area contributed by atoms with E-state index in [9.17, 15) is 4.79 Å². The van der Waals surface area contributed by atoms with Gasteiger partial charge in [0.2, 0.25) is 5.91 Å². The molecule has 94 valence electrons. The summed E-state index contributed by atoms with van der Waals surface area (Å²) in [7, 11) is 1.54. The van der Waals surface area contributed by atoms with Gasteiger partial charge in [-0.15, -0.1) is 0 Å². The first-order valence-corrected chi connectivity index (χ1v) is 5.77. The van der Waals surface area contributed by atoms with Crippen LogP contribution in [0.25, 0.3) is 0 Å². The van der Waals surface area contributed by atoms with Gasteiger partial charge in [-0.05, 0) is 16.7 Å². The molecule has 0 radical (unpaired) electrons. The molecule has 1 fully saturated rings. The summed E-state index contributed by atoms with van der Waals surface area (Å²) < 4.78 is 4.84. The molecule has 0 aromatic rings. The molecule has 0 saturated heterocycles. The van der Waals surface area contributed by atoms with E-state index in [0.717, 1.165) is 0 Å². The molecule has 0 spiro atoms. The van der Waals surface area contributed by atoms with Gasteiger partial charge in [0.25, 0.3) is 0 Å². The van der Waals surface area contributed by atoms with Crippen LogP contribution in [-0.2, 0) is 9.53 Å². The van der Waals surface area contributed by atoms with Crippen LogP contribution in [0.1, 0.15) is 27.7 Å². The van der Waals surface area contributed by atoms with Crippen molar-refractivity contribution in [3.05, 3.63) is 0 Å². The van der Waals surface area contributed by atoms with Crippen molar-refractivity contribution in [2.75, 3.05) is 20.3 Å². The Kier molecular flexibility index (Phi) is 3.65. The van der Waals surface area contributed by atoms with E-state index in [-0.39, 0.29) is 12.5 Å². The fourth-order valence-corrected chi connectivity index (χ4v) is 2.43. The normalized spacial score (nSPS) is 23.9. The van der Waals surface area contributed by atoms with Crippen molar-refractivity contribution in [2.45, 2.75) is 33.7 Å². The lowest BCUT2D eigenvalue weighted by molar-refractivity contribution is -0.123. The molecule has 1 atom stereocenters. The van der Waals surface area contributed by atoms with E-state index >= 15 is 0 Å². The van der Waals surface area contributed by atoms with Gasteiger partial charge in [0.1, 0.15) is 6.04 Å². The van der Waals surface area contributed by atoms with Gasteiger partial charge in [-0.1, -0.05) is 27.7 Å². The van der Waals surface area contributed by atoms with Crippen molar-refractivity contribution >= 4 is 5.91 Å². The predicted molar refractivity (Wildman–Crippen MR) is 63.9 cm³/mol. The second kappa shape index (κ2) is 4.34. The first-order chi connectivity index (χ1) is 7.25. The number of rotatable bonds is 5. The average molecular weight is 228 g/mol. The van der Waals surface area contributed by atoms with Crippen LogP contribution in [0.4, 0.5) is 0 Å². The zero-order valence-electron chi connectivity index (χ0n) is 11.0. The highest BCUT2D eigenvalue weighted by Gasteiger charge is 2.64. The quantitative estimate of drug-likeness (QED) is 0.730. The zero-order valence-corrected chi connectivity index (χ0v) is 11.0. The Morgan fingerprint density at radius 2 is 1.88 bits per heavy atom. The molecule has 1 aliphatic carbocycles. The molecule has 1 amide bonds. The highest BCUT2D eigenvalue weighted by atomic mass is 16.5. The summed E-state index contributed by atoms with van der Waals surface area (Å²) in [5.41, 5.74) is 6.23. The van der Waals surface area contributed by atoms with Crippen LogP contribution in [0.15, 0.2) is 0 Å². The van der Waals surface area contributed by atoms with Crippen molar-refractivity contribution in [2.24, 2.45) is 22.5 Å². The maximum atomic E-state index is 11.6. The van der Waals surface area contributed by atoms with E-state index in [1.807, 2.05) is 0 Å². The Hall–Kier alpha value is -0.610. The van der Waals surface area contributed by atoms with Gasteiger partial charge in [-0.3, -0.25) is 4.79 Å². The number of carbonyl (C=O) groups excluding carboxylic acids is 1. The Morgan fingerprint density at radius 1 is 1.38 bits per heavy atom. The highest BCUT2D eigenvalue weighted by molar-refractivity contribution is 5.81. The smallest absolute Gasteiger partial charge is 0.239 e. The van der Waals surface area contributed by atoms with Crippen molar-refractivity contribution in [3.8, 4) is 0 Å². The van der Waals surface area contributed by atoms with Gasteiger partial charge in [0, 0.05) is 13.7 Å². The van der Waals surface area contributed by atoms with Crippen LogP contribution in [0.2, 0.25) is 0 Å². The van der Waals surface area contributed by atoms with Crippen LogP contribution in [0.5, 0.6) is 0 Å². The number of nitrogens with two attached hydrogens (primary N) is 1. The summed E-state index contributed by atoms with van der Waals surface area (Å²) in [6.07, 6.45) is 0. The molecule has 0 aromatic carbocycles. The average Bonchev–Trinajstić information content (AvgIpc) is 2.55. The van der Waals surface area contributed by atoms with Gasteiger partial charge in [0.15, 0.2) is 0 Å². The third kappa shape index (κ3) is 2.23. The summed E-state index contributed by atoms with van der Waals surface area (Å²) in [6.45, 7) is 9.91. The Balaban J connectivity index is 2.35. The Labute approximate surface area is 97.9 Å². The van der Waals surface area contributed by atoms with E-state index in [4.69, 9.17) is 10.5 Å². The van der Waals surface area contributed by atoms with Gasteiger partial charge in [0.05, 0.1) is 6.61 Å². The molecule has 1 unspecified atom stereocenters. The number of hydrogen-bond donors (Lipinski definition) is 2. The lowest BCUT2D eigenvalue weighted by Crippen LogP contribution is -2.44. The van der Waals surface area contributed by atoms with Crippen LogP contribution >= 0.6 is 0 Å². The molecule has 1 rings (SSSR count). The number of carbonyl (C=O) groups is 1. The van der Waals surface area contributed by atoms with E-state index < -0.39 is 6.04 Å². The summed E-state index contributed by atoms with van der Waals surface area (Å²) >= 11 is 0. The molecule has 1 saturated carbocycles. The van der Waals surface area contributed by atoms with Crippen molar-refractivity contribution in [1.82, 2.24) is 5.32 Å². The fraction of sp³-hybridized carbons (Fsp3) is 0.917. The third-order valence-corrected chi connectivity index (χ3v) is 4.48. The third-order valence-electron chi connectivity index (χ3n) is 4.48. The topological polar surface area (TPSA) is 64.3 Å². The second-order valence-electron chi connectivity index (χ2n) is 5.80. The number of amides is 1. The number of ether oxygens (including phenoxy) is 1. The maximum absolute atomic E-state index is 11.6. The van der Waals surface area contributed by atoms with Crippen LogP contribution in [-0.4, -0.2) is 32.2 Å². The first kappa shape index (κ1) is 13.5. The molecule has 0 aromatic heterocycles. The summed E-state index contributed by atoms with van der Waals surface area (Å²) in [5.74, 6) is 0.402. The molecular weight excluding hydrogens is 204 g/mol. The number of nitrogens with one attached hydrogen (secondary N) is 1. The van der Waals surface area contributed by atoms with Crippen molar-refractivity contribution in [1.29, 1.82) is 0 Å². The lowest BCUT2D eigenvalue weighted by atomic mass is 10.0. The molecule has 4 heteroatoms. The van der Waals surface area contributed by atoms with E-state index in [2.05, 4.69) is 33.0 Å². The zero-order chi connectivity index (χ0) is 12.6. The fourth-order valence-electron chi connectivity index (χ4n) is 2.43. The van der Waals surface area contributed by atoms with Gasteiger partial charge < -0.3 is 15.8 Å². The molecule has 3 N–H and O–H groups in total. The summed E-state index contributed by atoms with van der Waals surface area (Å²) in [6, 6.07) is -0.560. The minimum atomic E-state index is -0.560. The number of hydrogen-bond acceptors (Lipinski definition) is 3. The molecule has 4 nitrogen and oxygen atoms in total. The molecular formula is C12H24N2O2. The van der Waals surface area contributed by atoms with E-state index in [1.165, 1.54) is 0 Å². The molecule has 0 aliphatic heterocycles. The van der Waals surface area contributed by atoms with Gasteiger partial charge in [-0.25, -0.2) is 0 Å². The van der Waals surface area contributed by atoms with Crippen LogP contribution in [0.3, 0.4) is 0 Å². The molecule has 0 heterocycles. The van der Waals surface area contributed by atoms with Crippen molar-refractivity contribution in [3.63, 3.8) is 0 Å². The minimum absolute atomic E-state index is 0.125. The molecule has 16 heavy (non-hydrogen) atoms. The summed E-state index contributed by atoms with van der Waals surface area (Å²) in [4.78, 5) is 11.6. The SMILES string of the molecule is COCC(N)C(=O)NCC1C(C)(C)C1(C)C. The maximum Gasteiger partial charge on any atom is 0.239 e. The summed E-state index contributed by atoms with van der Waals surface area (Å²) in [5, 5.41) is 2.90. The van der Waals surface area contributed by atoms with Gasteiger partial charge in [-0.2, -0.15) is 0 Å². The van der Waals surface area contributed by atoms with Crippen molar-refractivity contribution < 1.29 is 9.53 Å². The minimum Gasteiger partial charge on any atom is -0.383 e.